The molecule has 1 aliphatic rings. The minimum atomic E-state index is -0.555. The average Bonchev–Trinajstić information content (AvgIpc) is 3.15. The van der Waals surface area contributed by atoms with Gasteiger partial charge in [-0.25, -0.2) is 4.79 Å². The summed E-state index contributed by atoms with van der Waals surface area (Å²) in [6, 6.07) is 14.9. The third kappa shape index (κ3) is 3.91. The van der Waals surface area contributed by atoms with Gasteiger partial charge in [-0.3, -0.25) is 9.59 Å². The Hall–Kier alpha value is -3.26. The second-order valence-corrected chi connectivity index (χ2v) is 7.84. The highest BCUT2D eigenvalue weighted by molar-refractivity contribution is 7.99. The Morgan fingerprint density at radius 1 is 1.07 bits per heavy atom. The number of aromatic nitrogens is 1. The summed E-state index contributed by atoms with van der Waals surface area (Å²) in [6.07, 6.45) is 1.57. The van der Waals surface area contributed by atoms with E-state index in [9.17, 15) is 14.4 Å². The number of thioether (sulfide) groups is 1. The van der Waals surface area contributed by atoms with Crippen molar-refractivity contribution in [3.05, 3.63) is 60.3 Å². The molecule has 1 aliphatic heterocycles. The van der Waals surface area contributed by atoms with Gasteiger partial charge < -0.3 is 18.9 Å². The minimum Gasteiger partial charge on any atom is -0.465 e. The molecule has 0 spiro atoms. The number of rotatable bonds is 5. The van der Waals surface area contributed by atoms with Gasteiger partial charge in [0.15, 0.2) is 6.61 Å². The summed E-state index contributed by atoms with van der Waals surface area (Å²) in [4.78, 5) is 39.7. The van der Waals surface area contributed by atoms with E-state index >= 15 is 0 Å². The van der Waals surface area contributed by atoms with E-state index in [2.05, 4.69) is 0 Å². The van der Waals surface area contributed by atoms with Crippen LogP contribution in [0.25, 0.3) is 10.9 Å². The van der Waals surface area contributed by atoms with E-state index < -0.39 is 11.9 Å². The molecule has 0 bridgehead atoms. The predicted octanol–water partition coefficient (Wildman–Crippen LogP) is 3.11. The number of ether oxygens (including phenoxy) is 2. The molecule has 0 fully saturated rings. The third-order valence-corrected chi connectivity index (χ3v) is 5.92. The topological polar surface area (TPSA) is 77.8 Å². The van der Waals surface area contributed by atoms with Gasteiger partial charge in [-0.2, -0.15) is 0 Å². The zero-order valence-electron chi connectivity index (χ0n) is 16.4. The van der Waals surface area contributed by atoms with E-state index in [4.69, 9.17) is 9.47 Å². The summed E-state index contributed by atoms with van der Waals surface area (Å²) in [7, 11) is 1.31. The lowest BCUT2D eigenvalue weighted by molar-refractivity contribution is -0.148. The van der Waals surface area contributed by atoms with Crippen LogP contribution in [-0.2, 0) is 25.6 Å². The highest BCUT2D eigenvalue weighted by Crippen LogP contribution is 2.34. The number of carbonyl (C=O) groups is 3. The Morgan fingerprint density at radius 2 is 1.83 bits per heavy atom. The largest absolute Gasteiger partial charge is 0.465 e. The quantitative estimate of drug-likeness (QED) is 0.586. The van der Waals surface area contributed by atoms with Gasteiger partial charge in [0.2, 0.25) is 0 Å². The SMILES string of the molecule is COC(=O)c1cn(CC(=O)OCC(=O)N2CCSc3ccccc32)c2ccccc12. The summed E-state index contributed by atoms with van der Waals surface area (Å²) >= 11 is 1.70. The number of hydrogen-bond acceptors (Lipinski definition) is 6. The fourth-order valence-electron chi connectivity index (χ4n) is 3.48. The standard InChI is InChI=1S/C22H20N2O5S/c1-28-22(27)16-12-23(17-7-3-2-6-15(16)17)13-21(26)29-14-20(25)24-10-11-30-19-9-5-4-8-18(19)24/h2-9,12H,10-11,13-14H2,1H3. The van der Waals surface area contributed by atoms with Gasteiger partial charge in [-0.1, -0.05) is 30.3 Å². The lowest BCUT2D eigenvalue weighted by Crippen LogP contribution is -2.38. The van der Waals surface area contributed by atoms with Crippen molar-refractivity contribution in [2.75, 3.05) is 30.9 Å². The molecule has 8 heteroatoms. The predicted molar refractivity (Wildman–Crippen MR) is 114 cm³/mol. The monoisotopic (exact) mass is 424 g/mol. The first-order chi connectivity index (χ1) is 14.6. The highest BCUT2D eigenvalue weighted by Gasteiger charge is 2.24. The first kappa shape index (κ1) is 20.0. The van der Waals surface area contributed by atoms with Crippen molar-refractivity contribution in [3.63, 3.8) is 0 Å². The van der Waals surface area contributed by atoms with Crippen LogP contribution in [-0.4, -0.2) is 48.4 Å². The van der Waals surface area contributed by atoms with Crippen LogP contribution in [0.1, 0.15) is 10.4 Å². The third-order valence-electron chi connectivity index (χ3n) is 4.88. The fourth-order valence-corrected chi connectivity index (χ4v) is 4.48. The molecule has 154 valence electrons. The lowest BCUT2D eigenvalue weighted by atomic mass is 10.2. The molecule has 0 radical (unpaired) electrons. The number of methoxy groups -OCH3 is 1. The zero-order valence-corrected chi connectivity index (χ0v) is 17.2. The van der Waals surface area contributed by atoms with E-state index in [0.29, 0.717) is 23.0 Å². The highest BCUT2D eigenvalue weighted by atomic mass is 32.2. The Labute approximate surface area is 177 Å². The Bertz CT molecular complexity index is 1120. The molecule has 0 aliphatic carbocycles. The van der Waals surface area contributed by atoms with Crippen LogP contribution < -0.4 is 4.90 Å². The Balaban J connectivity index is 1.44. The normalized spacial score (nSPS) is 13.0. The Morgan fingerprint density at radius 3 is 2.67 bits per heavy atom. The van der Waals surface area contributed by atoms with E-state index in [1.807, 2.05) is 42.5 Å². The molecule has 3 aromatic rings. The van der Waals surface area contributed by atoms with Gasteiger partial charge in [-0.05, 0) is 18.2 Å². The molecule has 30 heavy (non-hydrogen) atoms. The van der Waals surface area contributed by atoms with Crippen molar-refractivity contribution < 1.29 is 23.9 Å². The van der Waals surface area contributed by atoms with E-state index in [0.717, 1.165) is 16.3 Å². The second-order valence-electron chi connectivity index (χ2n) is 6.70. The van der Waals surface area contributed by atoms with Crippen LogP contribution in [0.15, 0.2) is 59.6 Å². The molecule has 2 heterocycles. The molecule has 0 N–H and O–H groups in total. The molecule has 4 rings (SSSR count). The zero-order chi connectivity index (χ0) is 21.1. The summed E-state index contributed by atoms with van der Waals surface area (Å²) < 4.78 is 11.7. The van der Waals surface area contributed by atoms with Crippen molar-refractivity contribution in [2.24, 2.45) is 0 Å². The maximum atomic E-state index is 12.6. The van der Waals surface area contributed by atoms with Gasteiger partial charge in [0.1, 0.15) is 6.54 Å². The molecule has 2 aromatic carbocycles. The van der Waals surface area contributed by atoms with Crippen LogP contribution in [0, 0.1) is 0 Å². The average molecular weight is 424 g/mol. The van der Waals surface area contributed by atoms with E-state index in [1.165, 1.54) is 7.11 Å². The first-order valence-corrected chi connectivity index (χ1v) is 10.4. The summed E-state index contributed by atoms with van der Waals surface area (Å²) in [5, 5.41) is 0.690. The molecule has 0 saturated heterocycles. The molecule has 0 atom stereocenters. The van der Waals surface area contributed by atoms with Gasteiger partial charge >= 0.3 is 11.9 Å². The van der Waals surface area contributed by atoms with Crippen molar-refractivity contribution in [1.82, 2.24) is 4.57 Å². The number of para-hydroxylation sites is 2. The van der Waals surface area contributed by atoms with Crippen molar-refractivity contribution in [3.8, 4) is 0 Å². The number of carbonyl (C=O) groups excluding carboxylic acids is 3. The van der Waals surface area contributed by atoms with Crippen LogP contribution in [0.5, 0.6) is 0 Å². The van der Waals surface area contributed by atoms with Crippen molar-refractivity contribution in [1.29, 1.82) is 0 Å². The Kier molecular flexibility index (Phi) is 5.76. The molecule has 1 aromatic heterocycles. The van der Waals surface area contributed by atoms with Crippen molar-refractivity contribution >= 4 is 46.2 Å². The number of amides is 1. The molecule has 0 saturated carbocycles. The van der Waals surface area contributed by atoms with Crippen LogP contribution in [0.4, 0.5) is 5.69 Å². The number of anilines is 1. The maximum Gasteiger partial charge on any atom is 0.340 e. The number of nitrogens with zero attached hydrogens (tertiary/aromatic N) is 2. The van der Waals surface area contributed by atoms with E-state index in [-0.39, 0.29) is 19.1 Å². The molecule has 1 amide bonds. The fraction of sp³-hybridized carbons (Fsp3) is 0.227. The number of benzene rings is 2. The van der Waals surface area contributed by atoms with Gasteiger partial charge in [0.05, 0.1) is 18.4 Å². The molecular weight excluding hydrogens is 404 g/mol. The second kappa shape index (κ2) is 8.62. The van der Waals surface area contributed by atoms with Crippen LogP contribution in [0.3, 0.4) is 0 Å². The molecule has 7 nitrogen and oxygen atoms in total. The maximum absolute atomic E-state index is 12.6. The van der Waals surface area contributed by atoms with Crippen LogP contribution in [0.2, 0.25) is 0 Å². The number of hydrogen-bond donors (Lipinski definition) is 0. The van der Waals surface area contributed by atoms with Gasteiger partial charge in [-0.15, -0.1) is 11.8 Å². The summed E-state index contributed by atoms with van der Waals surface area (Å²) in [6.45, 7) is 0.126. The minimum absolute atomic E-state index is 0.114. The summed E-state index contributed by atoms with van der Waals surface area (Å²) in [5.41, 5.74) is 1.93. The van der Waals surface area contributed by atoms with Crippen molar-refractivity contribution in [2.45, 2.75) is 11.4 Å². The summed E-state index contributed by atoms with van der Waals surface area (Å²) in [5.74, 6) is -0.499. The number of fused-ring (bicyclic) bond motifs is 2. The smallest absolute Gasteiger partial charge is 0.340 e. The van der Waals surface area contributed by atoms with E-state index in [1.54, 1.807) is 33.5 Å². The van der Waals surface area contributed by atoms with Gasteiger partial charge in [0.25, 0.3) is 5.91 Å². The molecule has 0 unspecified atom stereocenters. The van der Waals surface area contributed by atoms with Crippen LogP contribution >= 0.6 is 11.8 Å². The first-order valence-electron chi connectivity index (χ1n) is 9.42. The van der Waals surface area contributed by atoms with Gasteiger partial charge in [0, 0.05) is 34.3 Å². The number of esters is 2. The molecular formula is C22H20N2O5S. The lowest BCUT2D eigenvalue weighted by Gasteiger charge is -2.28.